The zero-order valence-electron chi connectivity index (χ0n) is 12.0. The highest BCUT2D eigenvalue weighted by atomic mass is 16.4. The van der Waals surface area contributed by atoms with Gasteiger partial charge in [0.15, 0.2) is 0 Å². The fourth-order valence-corrected chi connectivity index (χ4v) is 2.41. The molecule has 1 aromatic carbocycles. The highest BCUT2D eigenvalue weighted by molar-refractivity contribution is 6.58. The van der Waals surface area contributed by atoms with Gasteiger partial charge in [-0.15, -0.1) is 0 Å². The Bertz CT molecular complexity index is 454. The van der Waals surface area contributed by atoms with E-state index in [0.29, 0.717) is 5.46 Å². The first-order chi connectivity index (χ1) is 9.49. The molecule has 1 aromatic rings. The van der Waals surface area contributed by atoms with Crippen LogP contribution in [0.1, 0.15) is 13.8 Å². The molecular formula is C14H21BN2O3. The van der Waals surface area contributed by atoms with Crippen LogP contribution >= 0.6 is 0 Å². The van der Waals surface area contributed by atoms with Crippen molar-refractivity contribution in [2.24, 2.45) is 5.92 Å². The van der Waals surface area contributed by atoms with E-state index in [1.54, 1.807) is 12.1 Å². The lowest BCUT2D eigenvalue weighted by Crippen LogP contribution is -2.50. The number of benzene rings is 1. The van der Waals surface area contributed by atoms with Crippen LogP contribution in [0, 0.1) is 5.92 Å². The molecule has 0 spiro atoms. The predicted octanol–water partition coefficient (Wildman–Crippen LogP) is -0.329. The topological polar surface area (TPSA) is 64.0 Å². The number of anilines is 1. The van der Waals surface area contributed by atoms with Crippen molar-refractivity contribution < 1.29 is 14.8 Å². The second-order valence-electron chi connectivity index (χ2n) is 5.43. The maximum absolute atomic E-state index is 11.9. The molecule has 20 heavy (non-hydrogen) atoms. The molecule has 0 atom stereocenters. The van der Waals surface area contributed by atoms with Gasteiger partial charge in [0.25, 0.3) is 0 Å². The van der Waals surface area contributed by atoms with E-state index < -0.39 is 7.12 Å². The minimum atomic E-state index is -1.43. The molecule has 0 aromatic heterocycles. The summed E-state index contributed by atoms with van der Waals surface area (Å²) in [7, 11) is -1.43. The first-order valence-electron chi connectivity index (χ1n) is 6.99. The molecule has 5 nitrogen and oxygen atoms in total. The third-order valence-corrected chi connectivity index (χ3v) is 3.64. The van der Waals surface area contributed by atoms with Gasteiger partial charge in [0.05, 0.1) is 0 Å². The van der Waals surface area contributed by atoms with Gasteiger partial charge in [-0.25, -0.2) is 0 Å². The molecule has 1 aliphatic heterocycles. The molecule has 1 amide bonds. The summed E-state index contributed by atoms with van der Waals surface area (Å²) in [6, 6.07) is 7.20. The number of amides is 1. The first-order valence-corrected chi connectivity index (χ1v) is 6.99. The Morgan fingerprint density at radius 2 is 1.65 bits per heavy atom. The van der Waals surface area contributed by atoms with Crippen LogP contribution in [0.4, 0.5) is 5.69 Å². The molecule has 0 unspecified atom stereocenters. The van der Waals surface area contributed by atoms with Crippen molar-refractivity contribution in [1.29, 1.82) is 0 Å². The van der Waals surface area contributed by atoms with Crippen molar-refractivity contribution in [3.8, 4) is 0 Å². The number of carbonyl (C=O) groups is 1. The normalized spacial score (nSPS) is 15.7. The third kappa shape index (κ3) is 3.32. The van der Waals surface area contributed by atoms with Crippen molar-refractivity contribution in [2.75, 3.05) is 31.1 Å². The van der Waals surface area contributed by atoms with E-state index in [4.69, 9.17) is 10.0 Å². The van der Waals surface area contributed by atoms with Crippen LogP contribution in [0.25, 0.3) is 0 Å². The van der Waals surface area contributed by atoms with E-state index in [1.807, 2.05) is 30.9 Å². The number of hydrogen-bond acceptors (Lipinski definition) is 4. The summed E-state index contributed by atoms with van der Waals surface area (Å²) < 4.78 is 0. The van der Waals surface area contributed by atoms with Crippen LogP contribution in [0.3, 0.4) is 0 Å². The molecule has 0 bridgehead atoms. The van der Waals surface area contributed by atoms with E-state index in [0.717, 1.165) is 31.9 Å². The second-order valence-corrected chi connectivity index (χ2v) is 5.43. The number of carbonyl (C=O) groups excluding carboxylic acids is 1. The predicted molar refractivity (Wildman–Crippen MR) is 79.9 cm³/mol. The molecule has 0 radical (unpaired) electrons. The summed E-state index contributed by atoms with van der Waals surface area (Å²) in [6.45, 7) is 6.93. The van der Waals surface area contributed by atoms with E-state index >= 15 is 0 Å². The average molecular weight is 276 g/mol. The Balaban J connectivity index is 1.95. The minimum Gasteiger partial charge on any atom is -0.423 e. The highest BCUT2D eigenvalue weighted by Crippen LogP contribution is 2.16. The molecule has 1 fully saturated rings. The smallest absolute Gasteiger partial charge is 0.423 e. The van der Waals surface area contributed by atoms with Crippen molar-refractivity contribution in [3.63, 3.8) is 0 Å². The van der Waals surface area contributed by atoms with Gasteiger partial charge in [0.2, 0.25) is 5.91 Å². The average Bonchev–Trinajstić information content (AvgIpc) is 2.46. The summed E-state index contributed by atoms with van der Waals surface area (Å²) in [6.07, 6.45) is 0. The molecule has 1 aliphatic rings. The van der Waals surface area contributed by atoms with Gasteiger partial charge in [0, 0.05) is 37.8 Å². The lowest BCUT2D eigenvalue weighted by molar-refractivity contribution is -0.134. The number of hydrogen-bond donors (Lipinski definition) is 2. The lowest BCUT2D eigenvalue weighted by atomic mass is 9.80. The van der Waals surface area contributed by atoms with Gasteiger partial charge < -0.3 is 19.8 Å². The molecule has 108 valence electrons. The monoisotopic (exact) mass is 276 g/mol. The molecule has 0 aliphatic carbocycles. The summed E-state index contributed by atoms with van der Waals surface area (Å²) in [5, 5.41) is 18.1. The van der Waals surface area contributed by atoms with Gasteiger partial charge in [0.1, 0.15) is 0 Å². The molecule has 2 rings (SSSR count). The van der Waals surface area contributed by atoms with Gasteiger partial charge in [-0.3, -0.25) is 4.79 Å². The van der Waals surface area contributed by atoms with Gasteiger partial charge in [-0.05, 0) is 17.6 Å². The van der Waals surface area contributed by atoms with Crippen molar-refractivity contribution in [3.05, 3.63) is 24.3 Å². The molecule has 0 saturated carbocycles. The first kappa shape index (κ1) is 14.9. The van der Waals surface area contributed by atoms with E-state index in [1.165, 1.54) is 0 Å². The van der Waals surface area contributed by atoms with Crippen LogP contribution in [-0.4, -0.2) is 54.2 Å². The molecular weight excluding hydrogens is 255 g/mol. The zero-order chi connectivity index (χ0) is 14.7. The standard InChI is InChI=1S/C14H21BN2O3/c1-11(2)14(18)17-9-7-16(8-10-17)13-5-3-12(4-6-13)15(19)20/h3-6,11,19-20H,7-10H2,1-2H3. The largest absolute Gasteiger partial charge is 0.488 e. The van der Waals surface area contributed by atoms with E-state index in [2.05, 4.69) is 4.90 Å². The molecule has 1 saturated heterocycles. The number of piperazine rings is 1. The van der Waals surface area contributed by atoms with Crippen LogP contribution in [0.15, 0.2) is 24.3 Å². The van der Waals surface area contributed by atoms with Crippen molar-refractivity contribution in [1.82, 2.24) is 4.90 Å². The van der Waals surface area contributed by atoms with Gasteiger partial charge >= 0.3 is 7.12 Å². The van der Waals surface area contributed by atoms with Crippen LogP contribution in [0.5, 0.6) is 0 Å². The maximum Gasteiger partial charge on any atom is 0.488 e. The fourth-order valence-electron chi connectivity index (χ4n) is 2.41. The molecule has 6 heteroatoms. The summed E-state index contributed by atoms with van der Waals surface area (Å²) in [5.74, 6) is 0.260. The Morgan fingerprint density at radius 1 is 1.10 bits per heavy atom. The lowest BCUT2D eigenvalue weighted by Gasteiger charge is -2.37. The summed E-state index contributed by atoms with van der Waals surface area (Å²) in [4.78, 5) is 16.0. The Hall–Kier alpha value is -1.53. The van der Waals surface area contributed by atoms with Crippen LogP contribution in [0.2, 0.25) is 0 Å². The zero-order valence-corrected chi connectivity index (χ0v) is 12.0. The number of nitrogens with zero attached hydrogens (tertiary/aromatic N) is 2. The second kappa shape index (κ2) is 6.28. The third-order valence-electron chi connectivity index (χ3n) is 3.64. The van der Waals surface area contributed by atoms with Gasteiger partial charge in [-0.2, -0.15) is 0 Å². The highest BCUT2D eigenvalue weighted by Gasteiger charge is 2.23. The Kier molecular flexibility index (Phi) is 4.67. The van der Waals surface area contributed by atoms with Crippen molar-refractivity contribution in [2.45, 2.75) is 13.8 Å². The Labute approximate surface area is 120 Å². The van der Waals surface area contributed by atoms with Crippen LogP contribution < -0.4 is 10.4 Å². The maximum atomic E-state index is 11.9. The molecule has 1 heterocycles. The van der Waals surface area contributed by atoms with E-state index in [9.17, 15) is 4.79 Å². The molecule has 2 N–H and O–H groups in total. The summed E-state index contributed by atoms with van der Waals surface area (Å²) >= 11 is 0. The van der Waals surface area contributed by atoms with E-state index in [-0.39, 0.29) is 11.8 Å². The quantitative estimate of drug-likeness (QED) is 0.742. The Morgan fingerprint density at radius 3 is 2.10 bits per heavy atom. The van der Waals surface area contributed by atoms with Gasteiger partial charge in [-0.1, -0.05) is 26.0 Å². The van der Waals surface area contributed by atoms with Crippen molar-refractivity contribution >= 4 is 24.2 Å². The van der Waals surface area contributed by atoms with Crippen LogP contribution in [-0.2, 0) is 4.79 Å². The summed E-state index contributed by atoms with van der Waals surface area (Å²) in [5.41, 5.74) is 1.54. The minimum absolute atomic E-state index is 0.0480. The fraction of sp³-hybridized carbons (Fsp3) is 0.500. The SMILES string of the molecule is CC(C)C(=O)N1CCN(c2ccc(B(O)O)cc2)CC1. The number of rotatable bonds is 3.